The molecule has 0 aliphatic heterocycles. The first kappa shape index (κ1) is 14.5. The van der Waals surface area contributed by atoms with Gasteiger partial charge in [0.15, 0.2) is 0 Å². The second-order valence-corrected chi connectivity index (χ2v) is 6.07. The third kappa shape index (κ3) is 5.07. The van der Waals surface area contributed by atoms with Crippen molar-refractivity contribution in [1.29, 1.82) is 0 Å². The van der Waals surface area contributed by atoms with Crippen LogP contribution in [0, 0.1) is 5.92 Å². The lowest BCUT2D eigenvalue weighted by Gasteiger charge is -2.27. The molecule has 2 unspecified atom stereocenters. The first-order valence-electron chi connectivity index (χ1n) is 7.00. The van der Waals surface area contributed by atoms with E-state index in [9.17, 15) is 4.79 Å². The number of nitrogens with one attached hydrogen (secondary N) is 1. The van der Waals surface area contributed by atoms with Crippen molar-refractivity contribution in [2.75, 3.05) is 0 Å². The van der Waals surface area contributed by atoms with Crippen LogP contribution in [0.5, 0.6) is 0 Å². The SMILES string of the molecule is CC(N)CCCC(C)C(=O)NC1(C)CCCC1. The lowest BCUT2D eigenvalue weighted by molar-refractivity contribution is -0.126. The largest absolute Gasteiger partial charge is 0.351 e. The predicted molar refractivity (Wildman–Crippen MR) is 71.7 cm³/mol. The third-order valence-electron chi connectivity index (χ3n) is 3.88. The van der Waals surface area contributed by atoms with Gasteiger partial charge < -0.3 is 11.1 Å². The van der Waals surface area contributed by atoms with Crippen LogP contribution in [0.15, 0.2) is 0 Å². The Hall–Kier alpha value is -0.570. The molecule has 0 spiro atoms. The van der Waals surface area contributed by atoms with Gasteiger partial charge in [-0.25, -0.2) is 0 Å². The maximum Gasteiger partial charge on any atom is 0.223 e. The average Bonchev–Trinajstić information content (AvgIpc) is 2.64. The van der Waals surface area contributed by atoms with Gasteiger partial charge in [-0.05, 0) is 39.5 Å². The van der Waals surface area contributed by atoms with E-state index in [1.54, 1.807) is 0 Å². The maximum atomic E-state index is 12.0. The molecule has 0 saturated heterocycles. The van der Waals surface area contributed by atoms with E-state index in [4.69, 9.17) is 5.73 Å². The number of hydrogen-bond donors (Lipinski definition) is 2. The Kier molecular flexibility index (Phi) is 5.44. The molecular weight excluding hydrogens is 212 g/mol. The number of carbonyl (C=O) groups is 1. The van der Waals surface area contributed by atoms with E-state index in [0.29, 0.717) is 0 Å². The molecule has 1 fully saturated rings. The zero-order valence-corrected chi connectivity index (χ0v) is 11.6. The van der Waals surface area contributed by atoms with Crippen LogP contribution in [0.4, 0.5) is 0 Å². The molecule has 100 valence electrons. The number of carbonyl (C=O) groups excluding carboxylic acids is 1. The predicted octanol–water partition coefficient (Wildman–Crippen LogP) is 2.59. The van der Waals surface area contributed by atoms with Crippen LogP contribution in [-0.4, -0.2) is 17.5 Å². The van der Waals surface area contributed by atoms with Crippen molar-refractivity contribution in [2.24, 2.45) is 11.7 Å². The molecule has 1 aliphatic rings. The Morgan fingerprint density at radius 1 is 1.29 bits per heavy atom. The monoisotopic (exact) mass is 240 g/mol. The highest BCUT2D eigenvalue weighted by atomic mass is 16.2. The maximum absolute atomic E-state index is 12.0. The number of amides is 1. The molecule has 0 aromatic heterocycles. The van der Waals surface area contributed by atoms with Crippen LogP contribution >= 0.6 is 0 Å². The van der Waals surface area contributed by atoms with Crippen molar-refractivity contribution >= 4 is 5.91 Å². The van der Waals surface area contributed by atoms with Gasteiger partial charge in [0, 0.05) is 17.5 Å². The normalized spacial score (nSPS) is 22.1. The minimum absolute atomic E-state index is 0.0620. The van der Waals surface area contributed by atoms with Crippen molar-refractivity contribution in [3.8, 4) is 0 Å². The highest BCUT2D eigenvalue weighted by molar-refractivity contribution is 5.79. The van der Waals surface area contributed by atoms with Gasteiger partial charge in [0.05, 0.1) is 0 Å². The second kappa shape index (κ2) is 6.39. The van der Waals surface area contributed by atoms with Crippen LogP contribution in [0.1, 0.15) is 65.7 Å². The summed E-state index contributed by atoms with van der Waals surface area (Å²) in [4.78, 5) is 12.0. The topological polar surface area (TPSA) is 55.1 Å². The van der Waals surface area contributed by atoms with Gasteiger partial charge in [0.25, 0.3) is 0 Å². The Bertz CT molecular complexity index is 245. The Balaban J connectivity index is 2.26. The Labute approximate surface area is 106 Å². The highest BCUT2D eigenvalue weighted by Crippen LogP contribution is 2.29. The van der Waals surface area contributed by atoms with Crippen LogP contribution in [0.25, 0.3) is 0 Å². The first-order chi connectivity index (χ1) is 7.93. The molecule has 2 atom stereocenters. The lowest BCUT2D eigenvalue weighted by atomic mass is 9.96. The molecule has 17 heavy (non-hydrogen) atoms. The van der Waals surface area contributed by atoms with E-state index < -0.39 is 0 Å². The lowest BCUT2D eigenvalue weighted by Crippen LogP contribution is -2.45. The molecule has 0 aromatic rings. The molecule has 0 heterocycles. The molecule has 1 saturated carbocycles. The van der Waals surface area contributed by atoms with E-state index in [1.165, 1.54) is 12.8 Å². The van der Waals surface area contributed by atoms with Crippen molar-refractivity contribution in [1.82, 2.24) is 5.32 Å². The summed E-state index contributed by atoms with van der Waals surface area (Å²) in [5.74, 6) is 0.338. The van der Waals surface area contributed by atoms with E-state index in [1.807, 2.05) is 13.8 Å². The van der Waals surface area contributed by atoms with Crippen LogP contribution in [0.2, 0.25) is 0 Å². The minimum atomic E-state index is 0.0620. The summed E-state index contributed by atoms with van der Waals surface area (Å²) in [5.41, 5.74) is 5.77. The highest BCUT2D eigenvalue weighted by Gasteiger charge is 2.31. The average molecular weight is 240 g/mol. The smallest absolute Gasteiger partial charge is 0.223 e. The zero-order chi connectivity index (χ0) is 12.9. The molecule has 0 aromatic carbocycles. The molecule has 1 rings (SSSR count). The molecule has 0 radical (unpaired) electrons. The van der Waals surface area contributed by atoms with Crippen LogP contribution in [0.3, 0.4) is 0 Å². The van der Waals surface area contributed by atoms with E-state index >= 15 is 0 Å². The van der Waals surface area contributed by atoms with Gasteiger partial charge >= 0.3 is 0 Å². The first-order valence-corrected chi connectivity index (χ1v) is 7.00. The third-order valence-corrected chi connectivity index (χ3v) is 3.88. The Morgan fingerprint density at radius 3 is 2.41 bits per heavy atom. The summed E-state index contributed by atoms with van der Waals surface area (Å²) in [7, 11) is 0. The summed E-state index contributed by atoms with van der Waals surface area (Å²) < 4.78 is 0. The van der Waals surface area contributed by atoms with Crippen molar-refractivity contribution in [3.05, 3.63) is 0 Å². The number of hydrogen-bond acceptors (Lipinski definition) is 2. The fourth-order valence-electron chi connectivity index (χ4n) is 2.58. The molecule has 0 bridgehead atoms. The van der Waals surface area contributed by atoms with Gasteiger partial charge in [0.2, 0.25) is 5.91 Å². The van der Waals surface area contributed by atoms with Gasteiger partial charge in [-0.15, -0.1) is 0 Å². The van der Waals surface area contributed by atoms with E-state index in [-0.39, 0.29) is 23.4 Å². The molecule has 3 heteroatoms. The molecule has 3 N–H and O–H groups in total. The summed E-state index contributed by atoms with van der Waals surface area (Å²) in [6.45, 7) is 6.21. The second-order valence-electron chi connectivity index (χ2n) is 6.07. The molecule has 1 aliphatic carbocycles. The fourth-order valence-corrected chi connectivity index (χ4v) is 2.58. The summed E-state index contributed by atoms with van der Waals surface area (Å²) >= 11 is 0. The Morgan fingerprint density at radius 2 is 1.88 bits per heavy atom. The quantitative estimate of drug-likeness (QED) is 0.750. The molecule has 3 nitrogen and oxygen atoms in total. The minimum Gasteiger partial charge on any atom is -0.351 e. The van der Waals surface area contributed by atoms with Crippen molar-refractivity contribution < 1.29 is 4.79 Å². The van der Waals surface area contributed by atoms with Crippen molar-refractivity contribution in [3.63, 3.8) is 0 Å². The van der Waals surface area contributed by atoms with E-state index in [2.05, 4.69) is 12.2 Å². The van der Waals surface area contributed by atoms with Crippen molar-refractivity contribution in [2.45, 2.75) is 77.3 Å². The molecule has 1 amide bonds. The van der Waals surface area contributed by atoms with Gasteiger partial charge in [-0.1, -0.05) is 26.2 Å². The zero-order valence-electron chi connectivity index (χ0n) is 11.6. The van der Waals surface area contributed by atoms with Gasteiger partial charge in [-0.3, -0.25) is 4.79 Å². The van der Waals surface area contributed by atoms with Crippen LogP contribution < -0.4 is 11.1 Å². The van der Waals surface area contributed by atoms with E-state index in [0.717, 1.165) is 32.1 Å². The summed E-state index contributed by atoms with van der Waals surface area (Å²) in [6, 6.07) is 0.248. The molecular formula is C14H28N2O. The van der Waals surface area contributed by atoms with Gasteiger partial charge in [0.1, 0.15) is 0 Å². The summed E-state index contributed by atoms with van der Waals surface area (Å²) in [6.07, 6.45) is 7.75. The summed E-state index contributed by atoms with van der Waals surface area (Å²) in [5, 5.41) is 3.22. The number of nitrogens with two attached hydrogens (primary N) is 1. The van der Waals surface area contributed by atoms with Gasteiger partial charge in [-0.2, -0.15) is 0 Å². The van der Waals surface area contributed by atoms with Crippen LogP contribution in [-0.2, 0) is 4.79 Å². The fraction of sp³-hybridized carbons (Fsp3) is 0.929. The number of rotatable bonds is 6. The standard InChI is InChI=1S/C14H28N2O/c1-11(7-6-8-12(2)15)13(17)16-14(3)9-4-5-10-14/h11-12H,4-10,15H2,1-3H3,(H,16,17).